The lowest BCUT2D eigenvalue weighted by Crippen LogP contribution is -2.36. The van der Waals surface area contributed by atoms with Crippen molar-refractivity contribution in [1.29, 1.82) is 0 Å². The highest BCUT2D eigenvalue weighted by atomic mass is 79.9. The molecule has 0 atom stereocenters. The molecular weight excluding hydrogens is 294 g/mol. The Labute approximate surface area is 116 Å². The normalized spacial score (nSPS) is 14.6. The van der Waals surface area contributed by atoms with Crippen LogP contribution in [0.25, 0.3) is 0 Å². The Bertz CT molecular complexity index is 443. The van der Waals surface area contributed by atoms with Crippen LogP contribution < -0.4 is 0 Å². The molecule has 2 rings (SSSR count). The van der Waals surface area contributed by atoms with Gasteiger partial charge < -0.3 is 9.64 Å². The first-order valence-electron chi connectivity index (χ1n) is 6.19. The maximum absolute atomic E-state index is 12.5. The smallest absolute Gasteiger partial charge is 0.255 e. The van der Waals surface area contributed by atoms with Crippen LogP contribution in [0.5, 0.6) is 0 Å². The van der Waals surface area contributed by atoms with E-state index >= 15 is 0 Å². The highest BCUT2D eigenvalue weighted by molar-refractivity contribution is 9.10. The summed E-state index contributed by atoms with van der Waals surface area (Å²) in [5, 5.41) is 0. The topological polar surface area (TPSA) is 29.5 Å². The van der Waals surface area contributed by atoms with Crippen molar-refractivity contribution in [2.24, 2.45) is 0 Å². The second-order valence-electron chi connectivity index (χ2n) is 4.71. The standard InChI is InChI=1S/C14H18BrNO2/c1-10-3-6-13(15)12(9-10)14(17)16(7-8-18-2)11-4-5-11/h3,6,9,11H,4-5,7-8H2,1-2H3. The van der Waals surface area contributed by atoms with Gasteiger partial charge in [-0.3, -0.25) is 4.79 Å². The van der Waals surface area contributed by atoms with Crippen LogP contribution in [0.15, 0.2) is 22.7 Å². The van der Waals surface area contributed by atoms with Crippen molar-refractivity contribution in [2.45, 2.75) is 25.8 Å². The molecule has 0 spiro atoms. The predicted octanol–water partition coefficient (Wildman–Crippen LogP) is 3.01. The molecule has 4 heteroatoms. The zero-order valence-electron chi connectivity index (χ0n) is 10.8. The van der Waals surface area contributed by atoms with Crippen LogP contribution in [0.1, 0.15) is 28.8 Å². The Balaban J connectivity index is 2.19. The minimum atomic E-state index is 0.102. The maximum atomic E-state index is 12.5. The molecule has 1 aromatic carbocycles. The lowest BCUT2D eigenvalue weighted by atomic mass is 10.1. The summed E-state index contributed by atoms with van der Waals surface area (Å²) in [6.45, 7) is 3.26. The number of carbonyl (C=O) groups is 1. The number of nitrogens with zero attached hydrogens (tertiary/aromatic N) is 1. The molecule has 0 aromatic heterocycles. The number of amides is 1. The van der Waals surface area contributed by atoms with Gasteiger partial charge in [-0.1, -0.05) is 11.6 Å². The van der Waals surface area contributed by atoms with Gasteiger partial charge in [0.25, 0.3) is 5.91 Å². The fraction of sp³-hybridized carbons (Fsp3) is 0.500. The Morgan fingerprint density at radius 2 is 2.22 bits per heavy atom. The summed E-state index contributed by atoms with van der Waals surface area (Å²) in [5.74, 6) is 0.102. The first-order chi connectivity index (χ1) is 8.63. The van der Waals surface area contributed by atoms with Crippen LogP contribution >= 0.6 is 15.9 Å². The fourth-order valence-electron chi connectivity index (χ4n) is 1.98. The molecule has 1 aliphatic rings. The third-order valence-corrected chi connectivity index (χ3v) is 3.83. The van der Waals surface area contributed by atoms with Crippen LogP contribution in [-0.4, -0.2) is 37.1 Å². The first kappa shape index (κ1) is 13.6. The monoisotopic (exact) mass is 311 g/mol. The van der Waals surface area contributed by atoms with Crippen molar-refractivity contribution in [3.05, 3.63) is 33.8 Å². The van der Waals surface area contributed by atoms with Crippen molar-refractivity contribution >= 4 is 21.8 Å². The summed E-state index contributed by atoms with van der Waals surface area (Å²) in [5.41, 5.74) is 1.85. The number of ether oxygens (including phenoxy) is 1. The molecule has 1 aromatic rings. The quantitative estimate of drug-likeness (QED) is 0.836. The summed E-state index contributed by atoms with van der Waals surface area (Å²) in [4.78, 5) is 14.5. The molecule has 0 aliphatic heterocycles. The highest BCUT2D eigenvalue weighted by Crippen LogP contribution is 2.29. The van der Waals surface area contributed by atoms with E-state index in [-0.39, 0.29) is 5.91 Å². The van der Waals surface area contributed by atoms with Crippen LogP contribution in [0.4, 0.5) is 0 Å². The molecule has 0 heterocycles. The zero-order chi connectivity index (χ0) is 13.1. The van der Waals surface area contributed by atoms with Crippen LogP contribution in [-0.2, 0) is 4.74 Å². The molecule has 18 heavy (non-hydrogen) atoms. The molecule has 0 bridgehead atoms. The second kappa shape index (κ2) is 5.85. The minimum absolute atomic E-state index is 0.102. The van der Waals surface area contributed by atoms with E-state index in [1.165, 1.54) is 0 Å². The average Bonchev–Trinajstić information content (AvgIpc) is 3.17. The lowest BCUT2D eigenvalue weighted by Gasteiger charge is -2.22. The largest absolute Gasteiger partial charge is 0.383 e. The zero-order valence-corrected chi connectivity index (χ0v) is 12.4. The van der Waals surface area contributed by atoms with Gasteiger partial charge in [0.1, 0.15) is 0 Å². The molecule has 0 radical (unpaired) electrons. The third kappa shape index (κ3) is 3.12. The number of methoxy groups -OCH3 is 1. The lowest BCUT2D eigenvalue weighted by molar-refractivity contribution is 0.0679. The van der Waals surface area contributed by atoms with E-state index in [0.29, 0.717) is 19.2 Å². The number of halogens is 1. The molecule has 1 saturated carbocycles. The van der Waals surface area contributed by atoms with Gasteiger partial charge in [0, 0.05) is 24.2 Å². The minimum Gasteiger partial charge on any atom is -0.383 e. The van der Waals surface area contributed by atoms with Gasteiger partial charge in [-0.05, 0) is 47.8 Å². The number of hydrogen-bond acceptors (Lipinski definition) is 2. The predicted molar refractivity (Wildman–Crippen MR) is 74.8 cm³/mol. The number of benzene rings is 1. The van der Waals surface area contributed by atoms with Gasteiger partial charge in [0.05, 0.1) is 12.2 Å². The van der Waals surface area contributed by atoms with E-state index in [1.54, 1.807) is 7.11 Å². The van der Waals surface area contributed by atoms with E-state index in [4.69, 9.17) is 4.74 Å². The molecule has 0 saturated heterocycles. The van der Waals surface area contributed by atoms with Gasteiger partial charge in [0.2, 0.25) is 0 Å². The summed E-state index contributed by atoms with van der Waals surface area (Å²) in [6.07, 6.45) is 2.22. The SMILES string of the molecule is COCCN(C(=O)c1cc(C)ccc1Br)C1CC1. The summed E-state index contributed by atoms with van der Waals surface area (Å²) < 4.78 is 5.95. The molecule has 0 unspecified atom stereocenters. The van der Waals surface area contributed by atoms with Crippen molar-refractivity contribution in [3.63, 3.8) is 0 Å². The molecular formula is C14H18BrNO2. The molecule has 3 nitrogen and oxygen atoms in total. The van der Waals surface area contributed by atoms with Crippen LogP contribution in [0.2, 0.25) is 0 Å². The summed E-state index contributed by atoms with van der Waals surface area (Å²) in [7, 11) is 1.66. The number of rotatable bonds is 5. The van der Waals surface area contributed by atoms with Crippen molar-refractivity contribution in [3.8, 4) is 0 Å². The van der Waals surface area contributed by atoms with E-state index in [1.807, 2.05) is 30.0 Å². The van der Waals surface area contributed by atoms with E-state index in [9.17, 15) is 4.79 Å². The first-order valence-corrected chi connectivity index (χ1v) is 6.99. The van der Waals surface area contributed by atoms with Gasteiger partial charge in [-0.2, -0.15) is 0 Å². The van der Waals surface area contributed by atoms with Gasteiger partial charge in [-0.25, -0.2) is 0 Å². The average molecular weight is 312 g/mol. The van der Waals surface area contributed by atoms with Crippen molar-refractivity contribution in [2.75, 3.05) is 20.3 Å². The number of carbonyl (C=O) groups excluding carboxylic acids is 1. The Morgan fingerprint density at radius 3 is 2.83 bits per heavy atom. The fourth-order valence-corrected chi connectivity index (χ4v) is 2.40. The van der Waals surface area contributed by atoms with E-state index in [0.717, 1.165) is 28.4 Å². The Hall–Kier alpha value is -0.870. The Kier molecular flexibility index (Phi) is 4.40. The Morgan fingerprint density at radius 1 is 1.50 bits per heavy atom. The van der Waals surface area contributed by atoms with Gasteiger partial charge >= 0.3 is 0 Å². The van der Waals surface area contributed by atoms with Crippen LogP contribution in [0, 0.1) is 6.92 Å². The second-order valence-corrected chi connectivity index (χ2v) is 5.56. The van der Waals surface area contributed by atoms with Crippen molar-refractivity contribution < 1.29 is 9.53 Å². The molecule has 1 fully saturated rings. The van der Waals surface area contributed by atoms with Gasteiger partial charge in [0.15, 0.2) is 0 Å². The molecule has 1 aliphatic carbocycles. The third-order valence-electron chi connectivity index (χ3n) is 3.14. The van der Waals surface area contributed by atoms with E-state index in [2.05, 4.69) is 15.9 Å². The number of aryl methyl sites for hydroxylation is 1. The van der Waals surface area contributed by atoms with Crippen molar-refractivity contribution in [1.82, 2.24) is 4.90 Å². The summed E-state index contributed by atoms with van der Waals surface area (Å²) >= 11 is 3.46. The summed E-state index contributed by atoms with van der Waals surface area (Å²) in [6, 6.07) is 6.27. The van der Waals surface area contributed by atoms with Gasteiger partial charge in [-0.15, -0.1) is 0 Å². The number of hydrogen-bond donors (Lipinski definition) is 0. The van der Waals surface area contributed by atoms with E-state index < -0.39 is 0 Å². The van der Waals surface area contributed by atoms with Crippen LogP contribution in [0.3, 0.4) is 0 Å². The highest BCUT2D eigenvalue weighted by Gasteiger charge is 2.33. The molecule has 0 N–H and O–H groups in total. The molecule has 1 amide bonds. The molecule has 98 valence electrons. The maximum Gasteiger partial charge on any atom is 0.255 e.